The van der Waals surface area contributed by atoms with E-state index < -0.39 is 11.7 Å². The summed E-state index contributed by atoms with van der Waals surface area (Å²) in [7, 11) is 0. The van der Waals surface area contributed by atoms with Crippen molar-refractivity contribution >= 4 is 50.5 Å². The van der Waals surface area contributed by atoms with E-state index in [1.54, 1.807) is 90.9 Å². The van der Waals surface area contributed by atoms with Crippen LogP contribution >= 0.6 is 11.3 Å². The van der Waals surface area contributed by atoms with E-state index in [4.69, 9.17) is 59.4 Å². The molecule has 0 aliphatic carbocycles. The number of rotatable bonds is 5. The van der Waals surface area contributed by atoms with Crippen molar-refractivity contribution in [3.05, 3.63) is 251 Å². The lowest BCUT2D eigenvalue weighted by Gasteiger charge is -2.08. The largest absolute Gasteiger partial charge is 0.472 e. The number of hydrogen-bond donors (Lipinski definition) is 5. The Morgan fingerprint density at radius 2 is 0.864 bits per heavy atom. The zero-order chi connectivity index (χ0) is 57.9. The van der Waals surface area contributed by atoms with Crippen LogP contribution in [-0.2, 0) is 6.18 Å². The van der Waals surface area contributed by atoms with Crippen LogP contribution in [-0.4, -0.2) is 4.98 Å². The number of thiophene rings is 1. The Morgan fingerprint density at radius 1 is 0.420 bits per heavy atom. The number of hydrogen-bond acceptors (Lipinski definition) is 13. The number of anilines is 5. The third-order valence-electron chi connectivity index (χ3n) is 12.2. The van der Waals surface area contributed by atoms with Crippen molar-refractivity contribution in [1.29, 1.82) is 26.3 Å². The van der Waals surface area contributed by atoms with Crippen LogP contribution in [0.1, 0.15) is 33.4 Å². The number of benzene rings is 8. The lowest BCUT2D eigenvalue weighted by molar-refractivity contribution is -0.137. The molecule has 3 aromatic heterocycles. The molecule has 16 heteroatoms. The quantitative estimate of drug-likeness (QED) is 0.101. The molecule has 11 rings (SSSR count). The minimum Gasteiger partial charge on any atom is -0.472 e. The second-order valence-corrected chi connectivity index (χ2v) is 18.2. The van der Waals surface area contributed by atoms with E-state index in [-0.39, 0.29) is 0 Å². The molecule has 0 aliphatic heterocycles. The molecular formula is C65H46F3N11OS. The summed E-state index contributed by atoms with van der Waals surface area (Å²) in [6.45, 7) is 0. The number of fused-ring (bicyclic) bond motifs is 1. The molecule has 11 aromatic rings. The van der Waals surface area contributed by atoms with Gasteiger partial charge in [0.2, 0.25) is 0 Å². The van der Waals surface area contributed by atoms with Gasteiger partial charge in [-0.2, -0.15) is 50.8 Å². The Balaban J connectivity index is 0.000000147. The SMILES string of the molecule is N#Cc1cc(-c2ccc(C(F)(F)F)cc2)ccc1N.N#Cc1cc(-c2cccc3ccccc23)ccc1N.N#Cc1cc(-c2cccnc2)ccc1N.N#Cc1cc(-c2ccoc2)ccc1N.N#Cc1cc(-c2ccsc2)ccc1N. The van der Waals surface area contributed by atoms with E-state index in [2.05, 4.69) is 47.5 Å². The minimum absolute atomic E-state index is 0.303. The molecule has 0 unspecified atom stereocenters. The molecule has 0 spiro atoms. The predicted octanol–water partition coefficient (Wildman–Crippen LogP) is 15.3. The molecule has 0 bridgehead atoms. The van der Waals surface area contributed by atoms with Crippen LogP contribution in [0.15, 0.2) is 222 Å². The molecule has 394 valence electrons. The zero-order valence-corrected chi connectivity index (χ0v) is 43.6. The molecule has 3 heterocycles. The van der Waals surface area contributed by atoms with Crippen LogP contribution < -0.4 is 28.7 Å². The van der Waals surface area contributed by atoms with Crippen LogP contribution in [0.5, 0.6) is 0 Å². The van der Waals surface area contributed by atoms with Gasteiger partial charge in [0.25, 0.3) is 0 Å². The molecule has 0 saturated carbocycles. The lowest BCUT2D eigenvalue weighted by Crippen LogP contribution is -2.04. The van der Waals surface area contributed by atoms with E-state index >= 15 is 0 Å². The average Bonchev–Trinajstić information content (AvgIpc) is 4.31. The summed E-state index contributed by atoms with van der Waals surface area (Å²) in [6.07, 6.45) is 2.35. The van der Waals surface area contributed by atoms with Crippen molar-refractivity contribution in [2.75, 3.05) is 28.7 Å². The Morgan fingerprint density at radius 3 is 1.31 bits per heavy atom. The molecule has 0 radical (unpaired) electrons. The van der Waals surface area contributed by atoms with Gasteiger partial charge in [0.15, 0.2) is 0 Å². The second-order valence-electron chi connectivity index (χ2n) is 17.4. The monoisotopic (exact) mass is 1090 g/mol. The van der Waals surface area contributed by atoms with Gasteiger partial charge in [-0.3, -0.25) is 4.98 Å². The Kier molecular flexibility index (Phi) is 19.0. The molecule has 10 N–H and O–H groups in total. The van der Waals surface area contributed by atoms with Crippen molar-refractivity contribution in [1.82, 2.24) is 4.98 Å². The number of halogens is 3. The van der Waals surface area contributed by atoms with Gasteiger partial charge < -0.3 is 33.1 Å². The maximum Gasteiger partial charge on any atom is 0.416 e. The first-order valence-electron chi connectivity index (χ1n) is 24.2. The maximum absolute atomic E-state index is 12.4. The fourth-order valence-corrected chi connectivity index (χ4v) is 8.54. The van der Waals surface area contributed by atoms with Crippen LogP contribution in [0.25, 0.3) is 66.4 Å². The molecule has 0 atom stereocenters. The topological polar surface area (TPSA) is 275 Å². The minimum atomic E-state index is -4.35. The Hall–Kier alpha value is -11.6. The summed E-state index contributed by atoms with van der Waals surface area (Å²) < 4.78 is 42.3. The Bertz CT molecular complexity index is 4070. The standard InChI is InChI=1S/C17H12N2.C14H9F3N2.C12H9N3.C11H8N2O.C11H8N2S/c18-11-14-10-13(8-9-17(14)19)16-7-3-5-12-4-1-2-6-15(12)16;15-14(16,17)12-4-1-9(2-5-12)10-3-6-13(19)11(7-10)8-18;13-7-11-6-9(3-4-12(11)14)10-2-1-5-15-8-10;2*12-6-10-5-8(1-2-11(10)13)9-3-4-14-7-9/h1-10H,19H2;1-7H,19H2;1-6,8H,14H2;2*1-5,7H,13H2. The van der Waals surface area contributed by atoms with Gasteiger partial charge in [-0.05, 0) is 157 Å². The lowest BCUT2D eigenvalue weighted by atomic mass is 9.97. The fourth-order valence-electron chi connectivity index (χ4n) is 7.87. The third kappa shape index (κ3) is 14.9. The van der Waals surface area contributed by atoms with Gasteiger partial charge in [0, 0.05) is 52.0 Å². The van der Waals surface area contributed by atoms with Crippen LogP contribution in [0.2, 0.25) is 0 Å². The summed E-state index contributed by atoms with van der Waals surface area (Å²) in [5.74, 6) is 0. The number of nitrogen functional groups attached to an aromatic ring is 5. The highest BCUT2D eigenvalue weighted by Crippen LogP contribution is 2.33. The van der Waals surface area contributed by atoms with Gasteiger partial charge in [-0.1, -0.05) is 91.0 Å². The smallest absolute Gasteiger partial charge is 0.416 e. The van der Waals surface area contributed by atoms with Gasteiger partial charge in [-0.25, -0.2) is 0 Å². The summed E-state index contributed by atoms with van der Waals surface area (Å²) in [6, 6.07) is 63.7. The number of nitrogens with two attached hydrogens (primary N) is 5. The summed E-state index contributed by atoms with van der Waals surface area (Å²) in [5.41, 5.74) is 41.7. The van der Waals surface area contributed by atoms with Crippen molar-refractivity contribution in [2.45, 2.75) is 6.18 Å². The molecule has 8 aromatic carbocycles. The van der Waals surface area contributed by atoms with Crippen molar-refractivity contribution in [3.8, 4) is 86.0 Å². The first-order chi connectivity index (χ1) is 39.1. The van der Waals surface area contributed by atoms with Gasteiger partial charge in [-0.15, -0.1) is 0 Å². The highest BCUT2D eigenvalue weighted by Gasteiger charge is 2.30. The van der Waals surface area contributed by atoms with E-state index in [1.165, 1.54) is 22.9 Å². The summed E-state index contributed by atoms with van der Waals surface area (Å²) >= 11 is 1.64. The molecule has 0 amide bonds. The summed E-state index contributed by atoms with van der Waals surface area (Å²) in [4.78, 5) is 4.02. The molecule has 81 heavy (non-hydrogen) atoms. The second kappa shape index (κ2) is 26.9. The van der Waals surface area contributed by atoms with E-state index in [0.717, 1.165) is 56.6 Å². The fraction of sp³-hybridized carbons (Fsp3) is 0.0154. The van der Waals surface area contributed by atoms with Crippen LogP contribution in [0.3, 0.4) is 0 Å². The first-order valence-corrected chi connectivity index (χ1v) is 25.2. The van der Waals surface area contributed by atoms with Gasteiger partial charge in [0.05, 0.1) is 45.9 Å². The van der Waals surface area contributed by atoms with Crippen LogP contribution in [0, 0.1) is 56.7 Å². The van der Waals surface area contributed by atoms with Gasteiger partial charge >= 0.3 is 6.18 Å². The number of alkyl halides is 3. The zero-order valence-electron chi connectivity index (χ0n) is 42.8. The highest BCUT2D eigenvalue weighted by molar-refractivity contribution is 7.08. The normalized spacial score (nSPS) is 10.1. The number of aromatic nitrogens is 1. The number of pyridine rings is 1. The molecular weight excluding hydrogens is 1040 g/mol. The van der Waals surface area contributed by atoms with Crippen LogP contribution in [0.4, 0.5) is 41.6 Å². The number of furan rings is 1. The third-order valence-corrected chi connectivity index (χ3v) is 12.9. The summed E-state index contributed by atoms with van der Waals surface area (Å²) in [5, 5.41) is 50.8. The first kappa shape index (κ1) is 57.1. The highest BCUT2D eigenvalue weighted by atomic mass is 32.1. The van der Waals surface area contributed by atoms with E-state index in [9.17, 15) is 13.2 Å². The maximum atomic E-state index is 12.4. The predicted molar refractivity (Wildman–Crippen MR) is 315 cm³/mol. The van der Waals surface area contributed by atoms with Crippen molar-refractivity contribution < 1.29 is 17.6 Å². The van der Waals surface area contributed by atoms with E-state index in [0.29, 0.717) is 67.4 Å². The van der Waals surface area contributed by atoms with Gasteiger partial charge in [0.1, 0.15) is 30.3 Å². The molecule has 0 saturated heterocycles. The molecule has 0 aliphatic rings. The van der Waals surface area contributed by atoms with Crippen molar-refractivity contribution in [3.63, 3.8) is 0 Å². The van der Waals surface area contributed by atoms with E-state index in [1.807, 2.05) is 102 Å². The Labute approximate surface area is 469 Å². The molecule has 12 nitrogen and oxygen atoms in total. The molecule has 0 fully saturated rings. The van der Waals surface area contributed by atoms with Crippen molar-refractivity contribution in [2.24, 2.45) is 0 Å². The number of nitriles is 5. The average molecular weight is 1090 g/mol. The number of nitrogens with zero attached hydrogens (tertiary/aromatic N) is 6.